The molecular weight excluding hydrogens is 284 g/mol. The van der Waals surface area contributed by atoms with Crippen molar-refractivity contribution in [2.75, 3.05) is 13.6 Å². The topological polar surface area (TPSA) is 19.6 Å². The van der Waals surface area contributed by atoms with E-state index in [-0.39, 0.29) is 0 Å². The summed E-state index contributed by atoms with van der Waals surface area (Å²) < 4.78 is 5.25. The molecule has 0 amide bonds. The van der Waals surface area contributed by atoms with E-state index >= 15 is 0 Å². The summed E-state index contributed by atoms with van der Waals surface area (Å²) in [6.07, 6.45) is 6.00. The summed E-state index contributed by atoms with van der Waals surface area (Å²) in [6, 6.07) is 14.7. The van der Waals surface area contributed by atoms with Gasteiger partial charge in [-0.05, 0) is 45.4 Å². The highest BCUT2D eigenvalue weighted by Gasteiger charge is 2.37. The molecule has 3 heteroatoms. The average Bonchev–Trinajstić information content (AvgIpc) is 3.19. The Labute approximate surface area is 139 Å². The molecule has 3 nitrogen and oxygen atoms in total. The molecule has 1 aromatic heterocycles. The van der Waals surface area contributed by atoms with Crippen LogP contribution in [0.5, 0.6) is 0 Å². The zero-order valence-electron chi connectivity index (χ0n) is 14.5. The van der Waals surface area contributed by atoms with E-state index in [1.165, 1.54) is 17.5 Å². The molecule has 1 aromatic carbocycles. The van der Waals surface area contributed by atoms with Gasteiger partial charge in [0.15, 0.2) is 0 Å². The molecule has 2 heterocycles. The molecule has 124 valence electrons. The molecule has 2 atom stereocenters. The Kier molecular flexibility index (Phi) is 5.19. The molecule has 0 saturated carbocycles. The van der Waals surface area contributed by atoms with E-state index < -0.39 is 0 Å². The zero-order chi connectivity index (χ0) is 16.2. The van der Waals surface area contributed by atoms with Crippen LogP contribution in [0.1, 0.15) is 31.4 Å². The third-order valence-corrected chi connectivity index (χ3v) is 5.22. The third-order valence-electron chi connectivity index (χ3n) is 5.22. The van der Waals surface area contributed by atoms with Gasteiger partial charge in [-0.2, -0.15) is 0 Å². The van der Waals surface area contributed by atoms with Crippen molar-refractivity contribution in [2.24, 2.45) is 0 Å². The molecule has 0 unspecified atom stereocenters. The summed E-state index contributed by atoms with van der Waals surface area (Å²) in [5, 5.41) is 0. The van der Waals surface area contributed by atoms with E-state index in [4.69, 9.17) is 4.42 Å². The van der Waals surface area contributed by atoms with Gasteiger partial charge in [-0.3, -0.25) is 9.80 Å². The molecule has 1 aliphatic rings. The van der Waals surface area contributed by atoms with Crippen LogP contribution in [0, 0.1) is 0 Å². The lowest BCUT2D eigenvalue weighted by Crippen LogP contribution is -2.47. The van der Waals surface area contributed by atoms with Gasteiger partial charge >= 0.3 is 0 Å². The number of hydrogen-bond donors (Lipinski definition) is 0. The normalized spacial score (nSPS) is 22.3. The smallest absolute Gasteiger partial charge is 0.0947 e. The van der Waals surface area contributed by atoms with Gasteiger partial charge in [0, 0.05) is 36.8 Å². The predicted molar refractivity (Wildman–Crippen MR) is 94.4 cm³/mol. The van der Waals surface area contributed by atoms with E-state index in [1.54, 1.807) is 6.26 Å². The number of likely N-dealkylation sites (N-methyl/N-ethyl adjacent to an activating group) is 1. The second kappa shape index (κ2) is 7.33. The molecule has 0 radical (unpaired) electrons. The van der Waals surface area contributed by atoms with Crippen LogP contribution in [-0.4, -0.2) is 41.5 Å². The standard InChI is InChI=1S/C20H28N2O/c1-16(2)21(3)19-9-11-22(14-18-10-12-23-15-18)20(19)13-17-7-5-4-6-8-17/h4-8,10,12,15-16,19-20H,9,11,13-14H2,1-3H3/t19-,20+/m1/s1. The summed E-state index contributed by atoms with van der Waals surface area (Å²) in [6.45, 7) is 6.72. The lowest BCUT2D eigenvalue weighted by Gasteiger charge is -2.35. The van der Waals surface area contributed by atoms with Crippen molar-refractivity contribution >= 4 is 0 Å². The maximum absolute atomic E-state index is 5.25. The fourth-order valence-corrected chi connectivity index (χ4v) is 3.69. The van der Waals surface area contributed by atoms with E-state index in [0.717, 1.165) is 19.5 Å². The number of nitrogens with zero attached hydrogens (tertiary/aromatic N) is 2. The maximum atomic E-state index is 5.25. The lowest BCUT2D eigenvalue weighted by atomic mass is 9.98. The Morgan fingerprint density at radius 1 is 1.17 bits per heavy atom. The van der Waals surface area contributed by atoms with E-state index in [9.17, 15) is 0 Å². The molecule has 0 N–H and O–H groups in total. The van der Waals surface area contributed by atoms with Crippen molar-refractivity contribution in [1.29, 1.82) is 0 Å². The van der Waals surface area contributed by atoms with Gasteiger partial charge in [0.25, 0.3) is 0 Å². The Hall–Kier alpha value is -1.58. The first-order valence-corrected chi connectivity index (χ1v) is 8.66. The number of rotatable bonds is 6. The van der Waals surface area contributed by atoms with Crippen molar-refractivity contribution in [3.05, 3.63) is 60.1 Å². The minimum atomic E-state index is 0.555. The summed E-state index contributed by atoms with van der Waals surface area (Å²) in [7, 11) is 2.27. The number of furan rings is 1. The highest BCUT2D eigenvalue weighted by Crippen LogP contribution is 2.28. The molecule has 0 bridgehead atoms. The number of hydrogen-bond acceptors (Lipinski definition) is 3. The van der Waals surface area contributed by atoms with E-state index in [0.29, 0.717) is 18.1 Å². The van der Waals surface area contributed by atoms with Crippen LogP contribution in [0.15, 0.2) is 53.3 Å². The lowest BCUT2D eigenvalue weighted by molar-refractivity contribution is 0.135. The van der Waals surface area contributed by atoms with Crippen LogP contribution >= 0.6 is 0 Å². The fourth-order valence-electron chi connectivity index (χ4n) is 3.69. The van der Waals surface area contributed by atoms with Gasteiger partial charge in [-0.25, -0.2) is 0 Å². The molecule has 2 aromatic rings. The number of likely N-dealkylation sites (tertiary alicyclic amines) is 1. The summed E-state index contributed by atoms with van der Waals surface area (Å²) in [4.78, 5) is 5.17. The van der Waals surface area contributed by atoms with Crippen molar-refractivity contribution in [3.63, 3.8) is 0 Å². The predicted octanol–water partition coefficient (Wildman–Crippen LogP) is 3.81. The molecule has 3 rings (SSSR count). The highest BCUT2D eigenvalue weighted by atomic mass is 16.3. The van der Waals surface area contributed by atoms with Gasteiger partial charge in [0.05, 0.1) is 12.5 Å². The Bertz CT molecular complexity index is 579. The monoisotopic (exact) mass is 312 g/mol. The summed E-state index contributed by atoms with van der Waals surface area (Å²) in [5.41, 5.74) is 2.70. The Morgan fingerprint density at radius 2 is 1.96 bits per heavy atom. The van der Waals surface area contributed by atoms with Crippen LogP contribution in [-0.2, 0) is 13.0 Å². The maximum Gasteiger partial charge on any atom is 0.0947 e. The van der Waals surface area contributed by atoms with Gasteiger partial charge in [0.2, 0.25) is 0 Å². The molecule has 0 spiro atoms. The second-order valence-electron chi connectivity index (χ2n) is 6.97. The molecule has 23 heavy (non-hydrogen) atoms. The molecular formula is C20H28N2O. The molecule has 1 aliphatic heterocycles. The van der Waals surface area contributed by atoms with Crippen LogP contribution in [0.4, 0.5) is 0 Å². The molecule has 1 fully saturated rings. The van der Waals surface area contributed by atoms with Gasteiger partial charge in [0.1, 0.15) is 0 Å². The first-order valence-electron chi connectivity index (χ1n) is 8.66. The van der Waals surface area contributed by atoms with Crippen LogP contribution in [0.25, 0.3) is 0 Å². The van der Waals surface area contributed by atoms with Gasteiger partial charge in [-0.1, -0.05) is 30.3 Å². The van der Waals surface area contributed by atoms with Crippen molar-refractivity contribution in [2.45, 2.75) is 51.4 Å². The van der Waals surface area contributed by atoms with Crippen molar-refractivity contribution in [1.82, 2.24) is 9.80 Å². The van der Waals surface area contributed by atoms with Gasteiger partial charge in [-0.15, -0.1) is 0 Å². The van der Waals surface area contributed by atoms with Crippen molar-refractivity contribution < 1.29 is 4.42 Å². The SMILES string of the molecule is CC(C)N(C)[C@@H]1CCN(Cc2ccoc2)[C@H]1Cc1ccccc1. The summed E-state index contributed by atoms with van der Waals surface area (Å²) >= 11 is 0. The van der Waals surface area contributed by atoms with Crippen LogP contribution in [0.3, 0.4) is 0 Å². The van der Waals surface area contributed by atoms with E-state index in [1.807, 2.05) is 6.26 Å². The zero-order valence-corrected chi connectivity index (χ0v) is 14.5. The quantitative estimate of drug-likeness (QED) is 0.809. The second-order valence-corrected chi connectivity index (χ2v) is 6.97. The first-order chi connectivity index (χ1) is 11.1. The third kappa shape index (κ3) is 3.85. The first kappa shape index (κ1) is 16.3. The average molecular weight is 312 g/mol. The molecule has 1 saturated heterocycles. The Morgan fingerprint density at radius 3 is 2.61 bits per heavy atom. The summed E-state index contributed by atoms with van der Waals surface area (Å²) in [5.74, 6) is 0. The fraction of sp³-hybridized carbons (Fsp3) is 0.500. The number of benzene rings is 1. The van der Waals surface area contributed by atoms with E-state index in [2.05, 4.69) is 67.1 Å². The minimum Gasteiger partial charge on any atom is -0.472 e. The molecule has 0 aliphatic carbocycles. The Balaban J connectivity index is 1.78. The van der Waals surface area contributed by atoms with Crippen LogP contribution in [0.2, 0.25) is 0 Å². The van der Waals surface area contributed by atoms with Crippen molar-refractivity contribution in [3.8, 4) is 0 Å². The van der Waals surface area contributed by atoms with Gasteiger partial charge < -0.3 is 4.42 Å². The highest BCUT2D eigenvalue weighted by molar-refractivity contribution is 5.18. The van der Waals surface area contributed by atoms with Crippen LogP contribution < -0.4 is 0 Å². The largest absolute Gasteiger partial charge is 0.472 e. The minimum absolute atomic E-state index is 0.555.